The summed E-state index contributed by atoms with van der Waals surface area (Å²) in [6.07, 6.45) is 2.55. The van der Waals surface area contributed by atoms with E-state index < -0.39 is 0 Å². The maximum Gasteiger partial charge on any atom is 0.125 e. The molecule has 1 saturated carbocycles. The van der Waals surface area contributed by atoms with Gasteiger partial charge in [0.1, 0.15) is 5.82 Å². The fraction of sp³-hybridized carbons (Fsp3) is 0.562. The van der Waals surface area contributed by atoms with E-state index in [-0.39, 0.29) is 0 Å². The number of alkyl halides is 1. The van der Waals surface area contributed by atoms with Crippen LogP contribution in [0.5, 0.6) is 0 Å². The van der Waals surface area contributed by atoms with Gasteiger partial charge in [-0.05, 0) is 43.2 Å². The number of aromatic nitrogens is 2. The fourth-order valence-electron chi connectivity index (χ4n) is 3.47. The highest BCUT2D eigenvalue weighted by Crippen LogP contribution is 2.42. The smallest absolute Gasteiger partial charge is 0.125 e. The first-order valence-corrected chi connectivity index (χ1v) is 7.69. The third kappa shape index (κ3) is 1.97. The van der Waals surface area contributed by atoms with E-state index in [1.807, 2.05) is 0 Å². The molecule has 1 heterocycles. The van der Waals surface area contributed by atoms with Crippen LogP contribution in [0.25, 0.3) is 11.0 Å². The van der Waals surface area contributed by atoms with Crippen molar-refractivity contribution >= 4 is 22.6 Å². The number of halogens is 1. The molecule has 2 nitrogen and oxygen atoms in total. The van der Waals surface area contributed by atoms with Gasteiger partial charge in [-0.1, -0.05) is 26.0 Å². The molecule has 19 heavy (non-hydrogen) atoms. The molecule has 0 spiro atoms. The van der Waals surface area contributed by atoms with Crippen molar-refractivity contribution in [2.75, 3.05) is 0 Å². The molecule has 3 atom stereocenters. The minimum absolute atomic E-state index is 0.492. The Bertz CT molecular complexity index is 602. The summed E-state index contributed by atoms with van der Waals surface area (Å²) in [7, 11) is 0. The van der Waals surface area contributed by atoms with E-state index in [9.17, 15) is 0 Å². The molecule has 1 aromatic carbocycles. The van der Waals surface area contributed by atoms with Gasteiger partial charge in [0.25, 0.3) is 0 Å². The Morgan fingerprint density at radius 1 is 1.32 bits per heavy atom. The average Bonchev–Trinajstić information content (AvgIpc) is 2.92. The minimum Gasteiger partial charge on any atom is -0.324 e. The van der Waals surface area contributed by atoms with Crippen LogP contribution in [0.2, 0.25) is 0 Å². The second-order valence-electron chi connectivity index (χ2n) is 5.96. The van der Waals surface area contributed by atoms with Crippen LogP contribution in [-0.2, 0) is 5.88 Å². The molecule has 0 radical (unpaired) electrons. The molecular weight excluding hydrogens is 256 g/mol. The van der Waals surface area contributed by atoms with Crippen molar-refractivity contribution in [2.45, 2.75) is 45.5 Å². The number of imidazole rings is 1. The predicted molar refractivity (Wildman–Crippen MR) is 80.6 cm³/mol. The lowest BCUT2D eigenvalue weighted by atomic mass is 9.97. The Morgan fingerprint density at radius 2 is 2.11 bits per heavy atom. The topological polar surface area (TPSA) is 17.8 Å². The van der Waals surface area contributed by atoms with Gasteiger partial charge in [-0.25, -0.2) is 4.98 Å². The van der Waals surface area contributed by atoms with Gasteiger partial charge in [0.2, 0.25) is 0 Å². The molecule has 1 aliphatic rings. The largest absolute Gasteiger partial charge is 0.324 e. The highest BCUT2D eigenvalue weighted by atomic mass is 35.5. The maximum absolute atomic E-state index is 6.14. The number of nitrogens with zero attached hydrogens (tertiary/aromatic N) is 2. The lowest BCUT2D eigenvalue weighted by molar-refractivity contribution is 0.354. The summed E-state index contributed by atoms with van der Waals surface area (Å²) in [5, 5.41) is 0. The minimum atomic E-state index is 0.492. The maximum atomic E-state index is 6.14. The first-order chi connectivity index (χ1) is 9.13. The zero-order valence-electron chi connectivity index (χ0n) is 11.9. The molecule has 3 unspecified atom stereocenters. The molecule has 1 fully saturated rings. The standard InChI is InChI=1S/C16H21ClN2/c1-10-7-8-13(12(10)3)19-14-6-4-5-11(2)16(14)18-15(19)9-17/h4-6,10,12-13H,7-9H2,1-3H3. The van der Waals surface area contributed by atoms with E-state index >= 15 is 0 Å². The summed E-state index contributed by atoms with van der Waals surface area (Å²) < 4.78 is 2.41. The Hall–Kier alpha value is -1.02. The van der Waals surface area contributed by atoms with Gasteiger partial charge in [-0.2, -0.15) is 0 Å². The number of aryl methyl sites for hydroxylation is 1. The van der Waals surface area contributed by atoms with Gasteiger partial charge in [-0.15, -0.1) is 11.6 Å². The van der Waals surface area contributed by atoms with Crippen LogP contribution in [0.3, 0.4) is 0 Å². The van der Waals surface area contributed by atoms with Gasteiger partial charge in [0.05, 0.1) is 16.9 Å². The van der Waals surface area contributed by atoms with Gasteiger partial charge in [0, 0.05) is 6.04 Å². The molecule has 2 aromatic rings. The number of hydrogen-bond donors (Lipinski definition) is 0. The second-order valence-corrected chi connectivity index (χ2v) is 6.22. The Kier molecular flexibility index (Phi) is 3.30. The van der Waals surface area contributed by atoms with E-state index in [0.29, 0.717) is 17.8 Å². The van der Waals surface area contributed by atoms with Gasteiger partial charge in [-0.3, -0.25) is 0 Å². The van der Waals surface area contributed by atoms with E-state index in [1.54, 1.807) is 0 Å². The molecule has 0 saturated heterocycles. The number of hydrogen-bond acceptors (Lipinski definition) is 1. The van der Waals surface area contributed by atoms with Crippen LogP contribution in [0.1, 0.15) is 44.1 Å². The number of fused-ring (bicyclic) bond motifs is 1. The molecular formula is C16H21ClN2. The summed E-state index contributed by atoms with van der Waals surface area (Å²) >= 11 is 6.14. The lowest BCUT2D eigenvalue weighted by Crippen LogP contribution is -2.16. The summed E-state index contributed by atoms with van der Waals surface area (Å²) in [5.74, 6) is 3.00. The van der Waals surface area contributed by atoms with Crippen LogP contribution < -0.4 is 0 Å². The third-order valence-corrected chi connectivity index (χ3v) is 5.11. The quantitative estimate of drug-likeness (QED) is 0.728. The van der Waals surface area contributed by atoms with E-state index in [4.69, 9.17) is 16.6 Å². The molecule has 0 bridgehead atoms. The normalized spacial score (nSPS) is 27.3. The van der Waals surface area contributed by atoms with Crippen LogP contribution in [-0.4, -0.2) is 9.55 Å². The molecule has 102 valence electrons. The molecule has 0 N–H and O–H groups in total. The third-order valence-electron chi connectivity index (χ3n) is 4.87. The molecule has 1 aromatic heterocycles. The van der Waals surface area contributed by atoms with Crippen LogP contribution in [0.4, 0.5) is 0 Å². The molecule has 3 rings (SSSR count). The van der Waals surface area contributed by atoms with Crippen LogP contribution >= 0.6 is 11.6 Å². The Balaban J connectivity index is 2.19. The molecule has 1 aliphatic carbocycles. The Labute approximate surface area is 119 Å². The lowest BCUT2D eigenvalue weighted by Gasteiger charge is -2.22. The zero-order valence-corrected chi connectivity index (χ0v) is 12.6. The summed E-state index contributed by atoms with van der Waals surface area (Å²) in [5.41, 5.74) is 3.60. The molecule has 0 amide bonds. The van der Waals surface area contributed by atoms with Gasteiger partial charge >= 0.3 is 0 Å². The summed E-state index contributed by atoms with van der Waals surface area (Å²) in [6.45, 7) is 6.84. The molecule has 3 heteroatoms. The average molecular weight is 277 g/mol. The van der Waals surface area contributed by atoms with Crippen molar-refractivity contribution in [2.24, 2.45) is 11.8 Å². The summed E-state index contributed by atoms with van der Waals surface area (Å²) in [6, 6.07) is 6.98. The van der Waals surface area contributed by atoms with Crippen molar-refractivity contribution < 1.29 is 0 Å². The first kappa shape index (κ1) is 13.0. The van der Waals surface area contributed by atoms with E-state index in [1.165, 1.54) is 23.9 Å². The monoisotopic (exact) mass is 276 g/mol. The SMILES string of the molecule is Cc1cccc2c1nc(CCl)n2C1CCC(C)C1C. The molecule has 0 aliphatic heterocycles. The van der Waals surface area contributed by atoms with E-state index in [2.05, 4.69) is 43.5 Å². The summed E-state index contributed by atoms with van der Waals surface area (Å²) in [4.78, 5) is 4.77. The van der Waals surface area contributed by atoms with Crippen molar-refractivity contribution in [3.63, 3.8) is 0 Å². The van der Waals surface area contributed by atoms with Gasteiger partial charge < -0.3 is 4.57 Å². The van der Waals surface area contributed by atoms with E-state index in [0.717, 1.165) is 17.3 Å². The number of para-hydroxylation sites is 1. The Morgan fingerprint density at radius 3 is 2.74 bits per heavy atom. The van der Waals surface area contributed by atoms with Crippen molar-refractivity contribution in [3.8, 4) is 0 Å². The number of benzene rings is 1. The first-order valence-electron chi connectivity index (χ1n) is 7.16. The highest BCUT2D eigenvalue weighted by molar-refractivity contribution is 6.16. The second kappa shape index (κ2) is 4.82. The van der Waals surface area contributed by atoms with Crippen molar-refractivity contribution in [1.29, 1.82) is 0 Å². The highest BCUT2D eigenvalue weighted by Gasteiger charge is 2.33. The number of rotatable bonds is 2. The van der Waals surface area contributed by atoms with Crippen LogP contribution in [0, 0.1) is 18.8 Å². The van der Waals surface area contributed by atoms with Crippen LogP contribution in [0.15, 0.2) is 18.2 Å². The van der Waals surface area contributed by atoms with Crippen molar-refractivity contribution in [3.05, 3.63) is 29.6 Å². The van der Waals surface area contributed by atoms with Crippen molar-refractivity contribution in [1.82, 2.24) is 9.55 Å². The predicted octanol–water partition coefficient (Wildman–Crippen LogP) is 4.69. The zero-order chi connectivity index (χ0) is 13.6. The van der Waals surface area contributed by atoms with Gasteiger partial charge in [0.15, 0.2) is 0 Å². The fourth-order valence-corrected chi connectivity index (χ4v) is 3.66.